The van der Waals surface area contributed by atoms with E-state index in [-0.39, 0.29) is 24.0 Å². The van der Waals surface area contributed by atoms with Gasteiger partial charge in [0.2, 0.25) is 0 Å². The van der Waals surface area contributed by atoms with E-state index in [2.05, 4.69) is 6.92 Å². The zero-order valence-corrected chi connectivity index (χ0v) is 10.9. The molecule has 0 N–H and O–H groups in total. The molecule has 3 aliphatic rings. The molecule has 3 unspecified atom stereocenters. The van der Waals surface area contributed by atoms with Crippen molar-refractivity contribution in [2.75, 3.05) is 18.1 Å². The van der Waals surface area contributed by atoms with E-state index in [4.69, 9.17) is 0 Å². The maximum Gasteiger partial charge on any atom is 0.327 e. The van der Waals surface area contributed by atoms with Gasteiger partial charge in [-0.25, -0.2) is 4.79 Å². The molecule has 3 rings (SSSR count). The second kappa shape index (κ2) is 4.19. The zero-order valence-electron chi connectivity index (χ0n) is 10.1. The summed E-state index contributed by atoms with van der Waals surface area (Å²) in [6, 6.07) is -0.0429. The maximum atomic E-state index is 12.3. The monoisotopic (exact) mass is 254 g/mol. The average molecular weight is 254 g/mol. The number of rotatable bonds is 1. The molecule has 0 spiro atoms. The van der Waals surface area contributed by atoms with Crippen LogP contribution in [0, 0.1) is 5.92 Å². The summed E-state index contributed by atoms with van der Waals surface area (Å²) in [6.45, 7) is 2.91. The van der Waals surface area contributed by atoms with E-state index >= 15 is 0 Å². The van der Waals surface area contributed by atoms with Crippen molar-refractivity contribution in [2.45, 2.75) is 38.3 Å². The Kier molecular flexibility index (Phi) is 2.81. The summed E-state index contributed by atoms with van der Waals surface area (Å²) < 4.78 is 0. The fourth-order valence-corrected chi connectivity index (χ4v) is 4.54. The van der Waals surface area contributed by atoms with Crippen molar-refractivity contribution in [3.05, 3.63) is 0 Å². The number of carbonyl (C=O) groups is 2. The number of hydrogen-bond donors (Lipinski definition) is 0. The minimum Gasteiger partial charge on any atom is -0.312 e. The van der Waals surface area contributed by atoms with E-state index < -0.39 is 0 Å². The Morgan fingerprint density at radius 1 is 1.24 bits per heavy atom. The third-order valence-electron chi connectivity index (χ3n) is 4.13. The van der Waals surface area contributed by atoms with Crippen molar-refractivity contribution in [3.8, 4) is 0 Å². The topological polar surface area (TPSA) is 40.6 Å². The highest BCUT2D eigenvalue weighted by molar-refractivity contribution is 7.99. The predicted octanol–water partition coefficient (Wildman–Crippen LogP) is 1.55. The van der Waals surface area contributed by atoms with Gasteiger partial charge in [-0.3, -0.25) is 9.69 Å². The molecular weight excluding hydrogens is 236 g/mol. The summed E-state index contributed by atoms with van der Waals surface area (Å²) in [5.41, 5.74) is 0. The molecule has 3 aliphatic heterocycles. The van der Waals surface area contributed by atoms with Gasteiger partial charge in [0.25, 0.3) is 5.91 Å². The largest absolute Gasteiger partial charge is 0.327 e. The molecule has 0 aromatic rings. The maximum absolute atomic E-state index is 12.3. The molecule has 17 heavy (non-hydrogen) atoms. The molecule has 3 amide bonds. The number of thioether (sulfide) groups is 1. The van der Waals surface area contributed by atoms with Gasteiger partial charge < -0.3 is 4.90 Å². The van der Waals surface area contributed by atoms with Crippen LogP contribution in [0.1, 0.15) is 26.2 Å². The molecule has 3 atom stereocenters. The SMILES string of the molecule is CC1CSCC1N1C(=O)C2CCCCN2C1=O. The number of carbonyl (C=O) groups excluding carboxylic acids is 2. The zero-order chi connectivity index (χ0) is 12.0. The van der Waals surface area contributed by atoms with Crippen LogP contribution >= 0.6 is 11.8 Å². The second-order valence-corrected chi connectivity index (χ2v) is 6.35. The van der Waals surface area contributed by atoms with Crippen molar-refractivity contribution in [3.63, 3.8) is 0 Å². The lowest BCUT2D eigenvalue weighted by Gasteiger charge is -2.26. The van der Waals surface area contributed by atoms with Crippen LogP contribution in [0.4, 0.5) is 4.79 Å². The van der Waals surface area contributed by atoms with Crippen molar-refractivity contribution < 1.29 is 9.59 Å². The Morgan fingerprint density at radius 3 is 2.71 bits per heavy atom. The summed E-state index contributed by atoms with van der Waals surface area (Å²) >= 11 is 1.85. The normalized spacial score (nSPS) is 37.8. The Hall–Kier alpha value is -0.710. The van der Waals surface area contributed by atoms with Gasteiger partial charge >= 0.3 is 6.03 Å². The van der Waals surface area contributed by atoms with Gasteiger partial charge in [-0.2, -0.15) is 11.8 Å². The minimum atomic E-state index is -0.144. The molecule has 5 heteroatoms. The average Bonchev–Trinajstić information content (AvgIpc) is 2.84. The van der Waals surface area contributed by atoms with Gasteiger partial charge in [0.1, 0.15) is 6.04 Å². The van der Waals surface area contributed by atoms with Crippen LogP contribution in [0.25, 0.3) is 0 Å². The van der Waals surface area contributed by atoms with Gasteiger partial charge in [-0.05, 0) is 30.9 Å². The van der Waals surface area contributed by atoms with Gasteiger partial charge in [0, 0.05) is 12.3 Å². The smallest absolute Gasteiger partial charge is 0.312 e. The number of imide groups is 1. The molecule has 3 fully saturated rings. The number of hydrogen-bond acceptors (Lipinski definition) is 3. The lowest BCUT2D eigenvalue weighted by molar-refractivity contribution is -0.130. The number of nitrogens with zero attached hydrogens (tertiary/aromatic N) is 2. The molecule has 3 saturated heterocycles. The third-order valence-corrected chi connectivity index (χ3v) is 5.47. The van der Waals surface area contributed by atoms with Crippen LogP contribution in [0.2, 0.25) is 0 Å². The van der Waals surface area contributed by atoms with Crippen molar-refractivity contribution in [1.29, 1.82) is 0 Å². The van der Waals surface area contributed by atoms with Gasteiger partial charge in [-0.1, -0.05) is 6.92 Å². The summed E-state index contributed by atoms with van der Waals surface area (Å²) in [7, 11) is 0. The Balaban J connectivity index is 1.85. The second-order valence-electron chi connectivity index (χ2n) is 5.28. The Bertz CT molecular complexity index is 336. The van der Waals surface area contributed by atoms with Crippen LogP contribution < -0.4 is 0 Å². The van der Waals surface area contributed by atoms with E-state index in [1.54, 1.807) is 9.80 Å². The molecular formula is C12H18N2O2S. The molecule has 0 bridgehead atoms. The predicted molar refractivity (Wildman–Crippen MR) is 66.9 cm³/mol. The fourth-order valence-electron chi connectivity index (χ4n) is 3.09. The van der Waals surface area contributed by atoms with E-state index in [0.29, 0.717) is 5.92 Å². The molecule has 3 heterocycles. The first-order chi connectivity index (χ1) is 8.20. The summed E-state index contributed by atoms with van der Waals surface area (Å²) in [5.74, 6) is 2.48. The van der Waals surface area contributed by atoms with E-state index in [0.717, 1.165) is 37.3 Å². The highest BCUT2D eigenvalue weighted by Gasteiger charge is 2.50. The number of fused-ring (bicyclic) bond motifs is 1. The summed E-state index contributed by atoms with van der Waals surface area (Å²) in [5, 5.41) is 0. The molecule has 4 nitrogen and oxygen atoms in total. The van der Waals surface area contributed by atoms with E-state index in [1.165, 1.54) is 0 Å². The van der Waals surface area contributed by atoms with E-state index in [1.807, 2.05) is 11.8 Å². The van der Waals surface area contributed by atoms with Crippen LogP contribution in [0.3, 0.4) is 0 Å². The van der Waals surface area contributed by atoms with Crippen LogP contribution in [-0.4, -0.2) is 51.9 Å². The minimum absolute atomic E-state index is 0.0287. The fraction of sp³-hybridized carbons (Fsp3) is 0.833. The van der Waals surface area contributed by atoms with Crippen LogP contribution in [-0.2, 0) is 4.79 Å². The molecule has 0 saturated carbocycles. The molecule has 0 aromatic carbocycles. The molecule has 0 aromatic heterocycles. The highest BCUT2D eigenvalue weighted by Crippen LogP contribution is 2.34. The lowest BCUT2D eigenvalue weighted by atomic mass is 10.0. The van der Waals surface area contributed by atoms with Crippen molar-refractivity contribution in [1.82, 2.24) is 9.80 Å². The number of urea groups is 1. The first-order valence-corrected chi connectivity index (χ1v) is 7.57. The number of amides is 3. The van der Waals surface area contributed by atoms with Gasteiger partial charge in [0.15, 0.2) is 0 Å². The van der Waals surface area contributed by atoms with E-state index in [9.17, 15) is 9.59 Å². The van der Waals surface area contributed by atoms with Crippen LogP contribution in [0.5, 0.6) is 0 Å². The third kappa shape index (κ3) is 1.66. The quantitative estimate of drug-likeness (QED) is 0.667. The van der Waals surface area contributed by atoms with Crippen molar-refractivity contribution >= 4 is 23.7 Å². The number of piperidine rings is 1. The molecule has 0 radical (unpaired) electrons. The Morgan fingerprint density at radius 2 is 2.06 bits per heavy atom. The Labute approximate surface area is 106 Å². The van der Waals surface area contributed by atoms with Crippen LogP contribution in [0.15, 0.2) is 0 Å². The standard InChI is InChI=1S/C12H18N2O2S/c1-8-6-17-7-10(8)14-11(15)9-4-2-3-5-13(9)12(14)16/h8-10H,2-7H2,1H3. The molecule has 94 valence electrons. The molecule has 0 aliphatic carbocycles. The summed E-state index contributed by atoms with van der Waals surface area (Å²) in [6.07, 6.45) is 2.97. The summed E-state index contributed by atoms with van der Waals surface area (Å²) in [4.78, 5) is 28.0. The van der Waals surface area contributed by atoms with Gasteiger partial charge in [-0.15, -0.1) is 0 Å². The van der Waals surface area contributed by atoms with Gasteiger partial charge in [0.05, 0.1) is 6.04 Å². The van der Waals surface area contributed by atoms with Crippen molar-refractivity contribution in [2.24, 2.45) is 5.92 Å². The first kappa shape index (κ1) is 11.4. The highest BCUT2D eigenvalue weighted by atomic mass is 32.2. The first-order valence-electron chi connectivity index (χ1n) is 6.41. The lowest BCUT2D eigenvalue weighted by Crippen LogP contribution is -2.44.